The zero-order valence-corrected chi connectivity index (χ0v) is 14.9. The van der Waals surface area contributed by atoms with Crippen LogP contribution in [0.1, 0.15) is 11.3 Å². The van der Waals surface area contributed by atoms with Crippen LogP contribution < -0.4 is 5.32 Å². The van der Waals surface area contributed by atoms with E-state index in [1.807, 2.05) is 29.5 Å². The number of piperazine rings is 1. The second-order valence-corrected chi connectivity index (χ2v) is 6.88. The zero-order valence-electron chi connectivity index (χ0n) is 14.1. The van der Waals surface area contributed by atoms with Crippen molar-refractivity contribution < 1.29 is 4.39 Å². The molecule has 0 aliphatic carbocycles. The SMILES string of the molecule is Cc1cc(-c2nc3ccc(F)cn3c2CN2CCNCC2)ccc1Cl. The summed E-state index contributed by atoms with van der Waals surface area (Å²) in [6, 6.07) is 9.10. The molecule has 1 aliphatic heterocycles. The smallest absolute Gasteiger partial charge is 0.139 e. The van der Waals surface area contributed by atoms with Gasteiger partial charge in [-0.05, 0) is 36.8 Å². The lowest BCUT2D eigenvalue weighted by molar-refractivity contribution is 0.230. The van der Waals surface area contributed by atoms with Gasteiger partial charge in [-0.2, -0.15) is 0 Å². The Morgan fingerprint density at radius 3 is 2.76 bits per heavy atom. The van der Waals surface area contributed by atoms with Crippen molar-refractivity contribution in [3.63, 3.8) is 0 Å². The van der Waals surface area contributed by atoms with Crippen molar-refractivity contribution >= 4 is 17.2 Å². The Bertz CT molecular complexity index is 915. The van der Waals surface area contributed by atoms with Gasteiger partial charge in [-0.1, -0.05) is 17.7 Å². The molecule has 1 aliphatic rings. The molecule has 3 heterocycles. The molecule has 0 bridgehead atoms. The second-order valence-electron chi connectivity index (χ2n) is 6.47. The van der Waals surface area contributed by atoms with Gasteiger partial charge < -0.3 is 5.32 Å². The zero-order chi connectivity index (χ0) is 17.4. The molecule has 25 heavy (non-hydrogen) atoms. The summed E-state index contributed by atoms with van der Waals surface area (Å²) in [5.74, 6) is -0.259. The summed E-state index contributed by atoms with van der Waals surface area (Å²) in [5.41, 5.74) is 4.68. The highest BCUT2D eigenvalue weighted by molar-refractivity contribution is 6.31. The molecule has 0 saturated carbocycles. The molecule has 6 heteroatoms. The molecule has 1 saturated heterocycles. The van der Waals surface area contributed by atoms with E-state index in [-0.39, 0.29) is 5.82 Å². The fourth-order valence-corrected chi connectivity index (χ4v) is 3.44. The Kier molecular flexibility index (Phi) is 4.46. The largest absolute Gasteiger partial charge is 0.314 e. The number of benzene rings is 1. The first-order valence-corrected chi connectivity index (χ1v) is 8.86. The highest BCUT2D eigenvalue weighted by Gasteiger charge is 2.19. The number of nitrogens with zero attached hydrogens (tertiary/aromatic N) is 3. The van der Waals surface area contributed by atoms with E-state index in [0.29, 0.717) is 0 Å². The molecule has 3 aromatic rings. The van der Waals surface area contributed by atoms with Crippen LogP contribution in [-0.4, -0.2) is 40.5 Å². The third kappa shape index (κ3) is 3.27. The van der Waals surface area contributed by atoms with E-state index in [1.165, 1.54) is 12.3 Å². The Balaban J connectivity index is 1.83. The van der Waals surface area contributed by atoms with E-state index >= 15 is 0 Å². The van der Waals surface area contributed by atoms with Gasteiger partial charge >= 0.3 is 0 Å². The maximum atomic E-state index is 13.8. The first kappa shape index (κ1) is 16.5. The van der Waals surface area contributed by atoms with Gasteiger partial charge in [0.05, 0.1) is 11.4 Å². The molecule has 0 amide bonds. The topological polar surface area (TPSA) is 32.6 Å². The predicted molar refractivity (Wildman–Crippen MR) is 98.5 cm³/mol. The number of fused-ring (bicyclic) bond motifs is 1. The number of imidazole rings is 1. The summed E-state index contributed by atoms with van der Waals surface area (Å²) in [5, 5.41) is 4.10. The Morgan fingerprint density at radius 2 is 2.00 bits per heavy atom. The van der Waals surface area contributed by atoms with Crippen LogP contribution in [0.25, 0.3) is 16.9 Å². The maximum absolute atomic E-state index is 13.8. The molecular weight excluding hydrogens is 339 g/mol. The first-order valence-electron chi connectivity index (χ1n) is 8.48. The number of hydrogen-bond donors (Lipinski definition) is 1. The van der Waals surface area contributed by atoms with E-state index in [1.54, 1.807) is 6.07 Å². The van der Waals surface area contributed by atoms with E-state index in [0.717, 1.165) is 65.9 Å². The average molecular weight is 359 g/mol. The van der Waals surface area contributed by atoms with Crippen LogP contribution in [0.2, 0.25) is 5.02 Å². The summed E-state index contributed by atoms with van der Waals surface area (Å²) in [4.78, 5) is 7.14. The average Bonchev–Trinajstić information content (AvgIpc) is 2.96. The molecule has 2 aromatic heterocycles. The lowest BCUT2D eigenvalue weighted by atomic mass is 10.1. The highest BCUT2D eigenvalue weighted by atomic mass is 35.5. The lowest BCUT2D eigenvalue weighted by Crippen LogP contribution is -2.43. The number of rotatable bonds is 3. The van der Waals surface area contributed by atoms with Crippen LogP contribution in [0.15, 0.2) is 36.5 Å². The van der Waals surface area contributed by atoms with Crippen LogP contribution in [-0.2, 0) is 6.54 Å². The number of hydrogen-bond acceptors (Lipinski definition) is 3. The first-order chi connectivity index (χ1) is 12.1. The van der Waals surface area contributed by atoms with Gasteiger partial charge in [0, 0.05) is 49.5 Å². The van der Waals surface area contributed by atoms with Crippen molar-refractivity contribution in [2.75, 3.05) is 26.2 Å². The van der Waals surface area contributed by atoms with Gasteiger partial charge in [0.1, 0.15) is 11.5 Å². The number of aromatic nitrogens is 2. The Morgan fingerprint density at radius 1 is 1.20 bits per heavy atom. The standard InChI is InChI=1S/C19H20ClFN4/c1-13-10-14(2-4-16(13)20)19-17(12-24-8-6-22-7-9-24)25-11-15(21)3-5-18(25)23-19/h2-5,10-11,22H,6-9,12H2,1H3. The van der Waals surface area contributed by atoms with Gasteiger partial charge in [0.15, 0.2) is 0 Å². The lowest BCUT2D eigenvalue weighted by Gasteiger charge is -2.27. The van der Waals surface area contributed by atoms with Crippen molar-refractivity contribution in [2.45, 2.75) is 13.5 Å². The second kappa shape index (κ2) is 6.75. The molecule has 130 valence electrons. The molecule has 0 spiro atoms. The minimum atomic E-state index is -0.259. The van der Waals surface area contributed by atoms with Crippen LogP contribution >= 0.6 is 11.6 Å². The number of pyridine rings is 1. The molecule has 0 atom stereocenters. The third-order valence-electron chi connectivity index (χ3n) is 4.70. The Labute approximate surface area is 151 Å². The van der Waals surface area contributed by atoms with Gasteiger partial charge in [-0.3, -0.25) is 9.30 Å². The molecule has 1 fully saturated rings. The summed E-state index contributed by atoms with van der Waals surface area (Å²) in [7, 11) is 0. The van der Waals surface area contributed by atoms with Crippen LogP contribution in [0, 0.1) is 12.7 Å². The fraction of sp³-hybridized carbons (Fsp3) is 0.316. The summed E-state index contributed by atoms with van der Waals surface area (Å²) < 4.78 is 15.7. The van der Waals surface area contributed by atoms with Crippen LogP contribution in [0.3, 0.4) is 0 Å². The van der Waals surface area contributed by atoms with Gasteiger partial charge in [0.25, 0.3) is 0 Å². The minimum absolute atomic E-state index is 0.259. The molecule has 4 rings (SSSR count). The van der Waals surface area contributed by atoms with Gasteiger partial charge in [-0.25, -0.2) is 9.37 Å². The van der Waals surface area contributed by atoms with E-state index in [9.17, 15) is 4.39 Å². The molecule has 1 aromatic carbocycles. The number of halogens is 2. The summed E-state index contributed by atoms with van der Waals surface area (Å²) in [6.45, 7) is 6.62. The van der Waals surface area contributed by atoms with Gasteiger partial charge in [0.2, 0.25) is 0 Å². The van der Waals surface area contributed by atoms with Crippen molar-refractivity contribution in [1.29, 1.82) is 0 Å². The molecule has 4 nitrogen and oxygen atoms in total. The number of nitrogens with one attached hydrogen (secondary N) is 1. The van der Waals surface area contributed by atoms with Crippen molar-refractivity contribution in [3.05, 3.63) is 58.6 Å². The Hall–Kier alpha value is -1.95. The van der Waals surface area contributed by atoms with Crippen molar-refractivity contribution in [1.82, 2.24) is 19.6 Å². The monoisotopic (exact) mass is 358 g/mol. The van der Waals surface area contributed by atoms with E-state index in [4.69, 9.17) is 16.6 Å². The highest BCUT2D eigenvalue weighted by Crippen LogP contribution is 2.29. The molecular formula is C19H20ClFN4. The molecule has 1 N–H and O–H groups in total. The van der Waals surface area contributed by atoms with Gasteiger partial charge in [-0.15, -0.1) is 0 Å². The van der Waals surface area contributed by atoms with Crippen LogP contribution in [0.4, 0.5) is 4.39 Å². The fourth-order valence-electron chi connectivity index (χ4n) is 3.32. The molecule has 0 unspecified atom stereocenters. The third-order valence-corrected chi connectivity index (χ3v) is 5.12. The van der Waals surface area contributed by atoms with Crippen LogP contribution in [0.5, 0.6) is 0 Å². The van der Waals surface area contributed by atoms with E-state index < -0.39 is 0 Å². The van der Waals surface area contributed by atoms with Crippen molar-refractivity contribution in [3.8, 4) is 11.3 Å². The number of aryl methyl sites for hydroxylation is 1. The maximum Gasteiger partial charge on any atom is 0.139 e. The minimum Gasteiger partial charge on any atom is -0.314 e. The predicted octanol–water partition coefficient (Wildman–Crippen LogP) is 3.51. The normalized spacial score (nSPS) is 15.8. The van der Waals surface area contributed by atoms with Crippen molar-refractivity contribution in [2.24, 2.45) is 0 Å². The summed E-state index contributed by atoms with van der Waals surface area (Å²) in [6.07, 6.45) is 1.52. The quantitative estimate of drug-likeness (QED) is 0.777. The summed E-state index contributed by atoms with van der Waals surface area (Å²) >= 11 is 6.17. The molecule has 0 radical (unpaired) electrons. The van der Waals surface area contributed by atoms with E-state index in [2.05, 4.69) is 10.2 Å².